The second-order valence-electron chi connectivity index (χ2n) is 6.32. The number of aliphatic hydroxyl groups excluding tert-OH is 1. The van der Waals surface area contributed by atoms with E-state index in [1.54, 1.807) is 0 Å². The van der Waals surface area contributed by atoms with Crippen LogP contribution in [0.2, 0.25) is 0 Å². The van der Waals surface area contributed by atoms with Crippen LogP contribution in [0.4, 0.5) is 0 Å². The predicted molar refractivity (Wildman–Crippen MR) is 106 cm³/mol. The van der Waals surface area contributed by atoms with Gasteiger partial charge in [-0.2, -0.15) is 0 Å². The summed E-state index contributed by atoms with van der Waals surface area (Å²) in [6.45, 7) is 0. The van der Waals surface area contributed by atoms with Crippen LogP contribution in [0.15, 0.2) is 107 Å². The molecule has 0 unspecified atom stereocenters. The summed E-state index contributed by atoms with van der Waals surface area (Å²) in [6, 6.07) is 28.6. The maximum atomic E-state index is 12.9. The lowest BCUT2D eigenvalue weighted by Gasteiger charge is -2.37. The Balaban J connectivity index is 1.78. The highest BCUT2D eigenvalue weighted by atomic mass is 32.2. The van der Waals surface area contributed by atoms with E-state index >= 15 is 0 Å². The lowest BCUT2D eigenvalue weighted by Crippen LogP contribution is -2.38. The summed E-state index contributed by atoms with van der Waals surface area (Å²) in [5.74, 6) is -0.465. The van der Waals surface area contributed by atoms with E-state index in [-0.39, 0.29) is 17.1 Å². The molecule has 0 atom stereocenters. The minimum atomic E-state index is -1.04. The molecule has 0 saturated heterocycles. The quantitative estimate of drug-likeness (QED) is 0.618. The molecule has 0 amide bonds. The van der Waals surface area contributed by atoms with Crippen molar-refractivity contribution >= 4 is 17.7 Å². The zero-order valence-corrected chi connectivity index (χ0v) is 15.4. The number of benzene rings is 3. The van der Waals surface area contributed by atoms with Crippen LogP contribution in [-0.2, 0) is 15.1 Å². The molecule has 3 nitrogen and oxygen atoms in total. The largest absolute Gasteiger partial charge is 0.511 e. The van der Waals surface area contributed by atoms with Gasteiger partial charge >= 0.3 is 5.97 Å². The first-order valence-electron chi connectivity index (χ1n) is 8.68. The fraction of sp³-hybridized carbons (Fsp3) is 0.0870. The van der Waals surface area contributed by atoms with Crippen molar-refractivity contribution in [3.8, 4) is 0 Å². The van der Waals surface area contributed by atoms with Crippen molar-refractivity contribution in [2.24, 2.45) is 0 Å². The predicted octanol–water partition coefficient (Wildman–Crippen LogP) is 5.44. The van der Waals surface area contributed by atoms with Crippen LogP contribution in [0.1, 0.15) is 17.5 Å². The van der Waals surface area contributed by atoms with Gasteiger partial charge in [-0.3, -0.25) is 0 Å². The van der Waals surface area contributed by atoms with E-state index in [0.717, 1.165) is 16.0 Å². The number of esters is 1. The average Bonchev–Trinajstić information content (AvgIpc) is 2.72. The van der Waals surface area contributed by atoms with E-state index in [1.807, 2.05) is 91.0 Å². The van der Waals surface area contributed by atoms with Crippen LogP contribution in [0.25, 0.3) is 0 Å². The average molecular weight is 374 g/mol. The van der Waals surface area contributed by atoms with Gasteiger partial charge in [-0.15, -0.1) is 0 Å². The molecular weight excluding hydrogens is 356 g/mol. The summed E-state index contributed by atoms with van der Waals surface area (Å²) in [7, 11) is 0. The number of hydrogen-bond acceptors (Lipinski definition) is 4. The van der Waals surface area contributed by atoms with Crippen LogP contribution >= 0.6 is 11.8 Å². The van der Waals surface area contributed by atoms with E-state index in [9.17, 15) is 9.90 Å². The Labute approximate surface area is 162 Å². The van der Waals surface area contributed by atoms with Gasteiger partial charge < -0.3 is 9.84 Å². The summed E-state index contributed by atoms with van der Waals surface area (Å²) in [6.07, 6.45) is 0.196. The summed E-state index contributed by atoms with van der Waals surface area (Å²) < 4.78 is 6.02. The fourth-order valence-electron chi connectivity index (χ4n) is 3.28. The third kappa shape index (κ3) is 3.36. The number of thioether (sulfide) groups is 1. The number of carbonyl (C=O) groups excluding carboxylic acids is 1. The molecular formula is C23H18O3S. The highest BCUT2D eigenvalue weighted by Gasteiger charge is 2.45. The molecule has 0 aromatic heterocycles. The van der Waals surface area contributed by atoms with Gasteiger partial charge in [0.2, 0.25) is 0 Å². The first-order chi connectivity index (χ1) is 13.2. The van der Waals surface area contributed by atoms with Crippen molar-refractivity contribution in [1.29, 1.82) is 0 Å². The molecule has 0 radical (unpaired) electrons. The van der Waals surface area contributed by atoms with E-state index < -0.39 is 11.6 Å². The maximum absolute atomic E-state index is 12.9. The van der Waals surface area contributed by atoms with Crippen molar-refractivity contribution in [3.63, 3.8) is 0 Å². The van der Waals surface area contributed by atoms with Gasteiger partial charge in [0, 0.05) is 16.0 Å². The third-order valence-electron chi connectivity index (χ3n) is 4.57. The Hall–Kier alpha value is -2.98. The highest BCUT2D eigenvalue weighted by molar-refractivity contribution is 8.04. The van der Waals surface area contributed by atoms with Gasteiger partial charge in [0.15, 0.2) is 5.60 Å². The van der Waals surface area contributed by atoms with Crippen molar-refractivity contribution < 1.29 is 14.6 Å². The first kappa shape index (κ1) is 17.4. The summed E-state index contributed by atoms with van der Waals surface area (Å²) in [5.41, 5.74) is 0.629. The molecule has 1 aliphatic rings. The number of hydrogen-bond donors (Lipinski definition) is 1. The molecule has 4 heteroatoms. The van der Waals surface area contributed by atoms with Gasteiger partial charge in [-0.25, -0.2) is 4.79 Å². The Morgan fingerprint density at radius 3 is 1.74 bits per heavy atom. The Morgan fingerprint density at radius 1 is 0.778 bits per heavy atom. The number of carbonyl (C=O) groups is 1. The molecule has 134 valence electrons. The van der Waals surface area contributed by atoms with Crippen LogP contribution in [0.3, 0.4) is 0 Å². The third-order valence-corrected chi connectivity index (χ3v) is 5.69. The van der Waals surface area contributed by atoms with Gasteiger partial charge in [0.25, 0.3) is 0 Å². The molecule has 3 aromatic rings. The van der Waals surface area contributed by atoms with Gasteiger partial charge in [-0.05, 0) is 12.1 Å². The molecule has 4 rings (SSSR count). The zero-order valence-electron chi connectivity index (χ0n) is 14.5. The van der Waals surface area contributed by atoms with E-state index in [2.05, 4.69) is 0 Å². The normalized spacial score (nSPS) is 16.1. The topological polar surface area (TPSA) is 46.5 Å². The molecule has 0 spiro atoms. The van der Waals surface area contributed by atoms with Crippen LogP contribution in [0.5, 0.6) is 0 Å². The van der Waals surface area contributed by atoms with Crippen LogP contribution in [0, 0.1) is 0 Å². The highest BCUT2D eigenvalue weighted by Crippen LogP contribution is 2.46. The van der Waals surface area contributed by atoms with Crippen LogP contribution in [-0.4, -0.2) is 11.1 Å². The zero-order chi connectivity index (χ0) is 18.7. The monoisotopic (exact) mass is 374 g/mol. The van der Waals surface area contributed by atoms with Crippen molar-refractivity contribution in [1.82, 2.24) is 0 Å². The van der Waals surface area contributed by atoms with E-state index in [1.165, 1.54) is 11.8 Å². The van der Waals surface area contributed by atoms with E-state index in [4.69, 9.17) is 4.74 Å². The number of ether oxygens (including phenoxy) is 1. The minimum Gasteiger partial charge on any atom is -0.511 e. The standard InChI is InChI=1S/C23H18O3S/c24-20-16-23(17-10-4-1-5-11-17,18-12-6-2-7-13-18)26-22(25)21(20)27-19-14-8-3-9-15-19/h1-15,24H,16H2. The summed E-state index contributed by atoms with van der Waals surface area (Å²) in [5, 5.41) is 10.8. The molecule has 0 fully saturated rings. The first-order valence-corrected chi connectivity index (χ1v) is 9.50. The van der Waals surface area contributed by atoms with Crippen LogP contribution < -0.4 is 0 Å². The van der Waals surface area contributed by atoms with Crippen molar-refractivity contribution in [2.45, 2.75) is 16.9 Å². The second-order valence-corrected chi connectivity index (χ2v) is 7.40. The smallest absolute Gasteiger partial charge is 0.349 e. The minimum absolute atomic E-state index is 0.0489. The summed E-state index contributed by atoms with van der Waals surface area (Å²) >= 11 is 1.23. The molecule has 1 N–H and O–H groups in total. The van der Waals surface area contributed by atoms with Crippen molar-refractivity contribution in [2.75, 3.05) is 0 Å². The SMILES string of the molecule is O=C1OC(c2ccccc2)(c2ccccc2)CC(O)=C1Sc1ccccc1. The fourth-order valence-corrected chi connectivity index (χ4v) is 4.13. The van der Waals surface area contributed by atoms with E-state index in [0.29, 0.717) is 0 Å². The maximum Gasteiger partial charge on any atom is 0.349 e. The molecule has 1 aliphatic heterocycles. The van der Waals surface area contributed by atoms with Crippen molar-refractivity contribution in [3.05, 3.63) is 113 Å². The molecule has 3 aromatic carbocycles. The molecule has 27 heavy (non-hydrogen) atoms. The summed E-state index contributed by atoms with van der Waals surface area (Å²) in [4.78, 5) is 14.0. The molecule has 1 heterocycles. The van der Waals surface area contributed by atoms with Gasteiger partial charge in [0.05, 0.1) is 6.42 Å². The molecule has 0 aliphatic carbocycles. The lowest BCUT2D eigenvalue weighted by atomic mass is 9.81. The van der Waals surface area contributed by atoms with Gasteiger partial charge in [0.1, 0.15) is 10.7 Å². The second kappa shape index (κ2) is 7.33. The Morgan fingerprint density at radius 2 is 1.26 bits per heavy atom. The number of rotatable bonds is 4. The Kier molecular flexibility index (Phi) is 4.73. The van der Waals surface area contributed by atoms with Gasteiger partial charge in [-0.1, -0.05) is 90.6 Å². The Bertz CT molecular complexity index is 927. The number of cyclic esters (lactones) is 1. The molecule has 0 saturated carbocycles. The molecule has 0 bridgehead atoms. The lowest BCUT2D eigenvalue weighted by molar-refractivity contribution is -0.154. The number of aliphatic hydroxyl groups is 1.